The lowest BCUT2D eigenvalue weighted by molar-refractivity contribution is -0.0634. The summed E-state index contributed by atoms with van der Waals surface area (Å²) in [5, 5.41) is 0. The molecule has 0 amide bonds. The molecule has 0 aliphatic heterocycles. The van der Waals surface area contributed by atoms with Gasteiger partial charge >= 0.3 is 0 Å². The first-order chi connectivity index (χ1) is 6.65. The highest BCUT2D eigenvalue weighted by atomic mass is 127. The van der Waals surface area contributed by atoms with Crippen LogP contribution < -0.4 is 0 Å². The summed E-state index contributed by atoms with van der Waals surface area (Å²) in [4.78, 5) is 0. The second-order valence-corrected chi connectivity index (χ2v) is 5.96. The lowest BCUT2D eigenvalue weighted by Gasteiger charge is -2.26. The summed E-state index contributed by atoms with van der Waals surface area (Å²) < 4.78 is 12.0. The van der Waals surface area contributed by atoms with Crippen molar-refractivity contribution in [2.75, 3.05) is 13.7 Å². The van der Waals surface area contributed by atoms with Gasteiger partial charge in [-0.1, -0.05) is 36.4 Å². The van der Waals surface area contributed by atoms with Crippen molar-refractivity contribution in [2.45, 2.75) is 49.2 Å². The molecule has 0 aromatic heterocycles. The second kappa shape index (κ2) is 6.28. The van der Waals surface area contributed by atoms with E-state index in [9.17, 15) is 0 Å². The normalized spacial score (nSPS) is 29.8. The van der Waals surface area contributed by atoms with Gasteiger partial charge in [0.2, 0.25) is 0 Å². The Labute approximate surface area is 101 Å². The Morgan fingerprint density at radius 2 is 2.07 bits per heavy atom. The summed E-state index contributed by atoms with van der Waals surface area (Å²) in [5.41, 5.74) is 0. The Kier molecular flexibility index (Phi) is 5.71. The quantitative estimate of drug-likeness (QED) is 0.574. The zero-order chi connectivity index (χ0) is 10.6. The lowest BCUT2D eigenvalue weighted by atomic mass is 10.1. The molecule has 3 unspecified atom stereocenters. The number of hydrogen-bond acceptors (Lipinski definition) is 2. The van der Waals surface area contributed by atoms with E-state index in [0.717, 1.165) is 6.61 Å². The molecule has 1 saturated carbocycles. The minimum atomic E-state index is 0.264. The van der Waals surface area contributed by atoms with E-state index in [2.05, 4.69) is 36.4 Å². The maximum absolute atomic E-state index is 6.09. The van der Waals surface area contributed by atoms with Gasteiger partial charge in [0, 0.05) is 11.0 Å². The lowest BCUT2D eigenvalue weighted by Crippen LogP contribution is -2.32. The molecule has 0 bridgehead atoms. The van der Waals surface area contributed by atoms with E-state index >= 15 is 0 Å². The minimum Gasteiger partial charge on any atom is -0.382 e. The second-order valence-electron chi connectivity index (χ2n) is 4.36. The first-order valence-electron chi connectivity index (χ1n) is 5.43. The molecule has 0 spiro atoms. The molecule has 3 heteroatoms. The largest absolute Gasteiger partial charge is 0.382 e. The van der Waals surface area contributed by atoms with Crippen molar-refractivity contribution >= 4 is 22.6 Å². The summed E-state index contributed by atoms with van der Waals surface area (Å²) in [6.45, 7) is 5.11. The smallest absolute Gasteiger partial charge is 0.0835 e. The monoisotopic (exact) mass is 312 g/mol. The van der Waals surface area contributed by atoms with Crippen LogP contribution >= 0.6 is 22.6 Å². The van der Waals surface area contributed by atoms with Crippen molar-refractivity contribution in [2.24, 2.45) is 5.92 Å². The highest BCUT2D eigenvalue weighted by molar-refractivity contribution is 14.1. The molecule has 1 fully saturated rings. The van der Waals surface area contributed by atoms with E-state index in [-0.39, 0.29) is 6.10 Å². The highest BCUT2D eigenvalue weighted by Gasteiger charge is 2.29. The van der Waals surface area contributed by atoms with Crippen LogP contribution in [0, 0.1) is 5.92 Å². The molecule has 0 heterocycles. The van der Waals surface area contributed by atoms with Gasteiger partial charge in [0.25, 0.3) is 0 Å². The van der Waals surface area contributed by atoms with Crippen LogP contribution in [0.3, 0.4) is 0 Å². The van der Waals surface area contributed by atoms with Crippen LogP contribution in [-0.4, -0.2) is 29.8 Å². The van der Waals surface area contributed by atoms with Crippen molar-refractivity contribution in [1.82, 2.24) is 0 Å². The van der Waals surface area contributed by atoms with Gasteiger partial charge in [-0.05, 0) is 25.2 Å². The number of alkyl halides is 1. The Hall–Kier alpha value is 0.650. The van der Waals surface area contributed by atoms with E-state index in [1.807, 2.05) is 0 Å². The summed E-state index contributed by atoms with van der Waals surface area (Å²) >= 11 is 2.51. The molecule has 1 aliphatic carbocycles. The summed E-state index contributed by atoms with van der Waals surface area (Å²) in [6, 6.07) is 0. The van der Waals surface area contributed by atoms with E-state index in [1.54, 1.807) is 7.11 Å². The number of rotatable bonds is 5. The van der Waals surface area contributed by atoms with E-state index in [1.165, 1.54) is 19.3 Å². The number of ether oxygens (including phenoxy) is 2. The fraction of sp³-hybridized carbons (Fsp3) is 1.00. The van der Waals surface area contributed by atoms with Gasteiger partial charge in [-0.25, -0.2) is 0 Å². The summed E-state index contributed by atoms with van der Waals surface area (Å²) in [5.74, 6) is 0.541. The molecule has 84 valence electrons. The van der Waals surface area contributed by atoms with E-state index in [4.69, 9.17) is 9.47 Å². The van der Waals surface area contributed by atoms with Crippen LogP contribution in [0.5, 0.6) is 0 Å². The first-order valence-corrected chi connectivity index (χ1v) is 6.68. The minimum absolute atomic E-state index is 0.264. The Morgan fingerprint density at radius 1 is 1.36 bits per heavy atom. The highest BCUT2D eigenvalue weighted by Crippen LogP contribution is 2.30. The van der Waals surface area contributed by atoms with Gasteiger partial charge in [0.15, 0.2) is 0 Å². The van der Waals surface area contributed by atoms with Gasteiger partial charge < -0.3 is 9.47 Å². The third-order valence-corrected chi connectivity index (χ3v) is 4.22. The number of hydrogen-bond donors (Lipinski definition) is 0. The van der Waals surface area contributed by atoms with E-state index < -0.39 is 0 Å². The third kappa shape index (κ3) is 3.66. The zero-order valence-electron chi connectivity index (χ0n) is 9.33. The molecule has 1 rings (SSSR count). The third-order valence-electron chi connectivity index (χ3n) is 2.80. The molecule has 3 atom stereocenters. The standard InChI is InChI=1S/C11H21IO2/c1-8(2)11(7-13-3)14-10-6-4-5-9(10)12/h8-11H,4-7H2,1-3H3. The Bertz CT molecular complexity index is 161. The van der Waals surface area contributed by atoms with Gasteiger partial charge in [0.1, 0.15) is 0 Å². The SMILES string of the molecule is COCC(OC1CCCC1I)C(C)C. The number of halogens is 1. The van der Waals surface area contributed by atoms with Crippen molar-refractivity contribution in [3.8, 4) is 0 Å². The van der Waals surface area contributed by atoms with Crippen LogP contribution in [0.1, 0.15) is 33.1 Å². The zero-order valence-corrected chi connectivity index (χ0v) is 11.5. The molecular formula is C11H21IO2. The van der Waals surface area contributed by atoms with Crippen molar-refractivity contribution in [3.05, 3.63) is 0 Å². The Morgan fingerprint density at radius 3 is 2.50 bits per heavy atom. The summed E-state index contributed by atoms with van der Waals surface area (Å²) in [7, 11) is 1.74. The molecule has 14 heavy (non-hydrogen) atoms. The van der Waals surface area contributed by atoms with Crippen molar-refractivity contribution in [1.29, 1.82) is 0 Å². The average molecular weight is 312 g/mol. The summed E-state index contributed by atoms with van der Waals surface area (Å²) in [6.07, 6.45) is 4.57. The van der Waals surface area contributed by atoms with Crippen LogP contribution in [0.2, 0.25) is 0 Å². The molecule has 0 aromatic carbocycles. The van der Waals surface area contributed by atoms with Crippen LogP contribution in [-0.2, 0) is 9.47 Å². The molecule has 0 radical (unpaired) electrons. The van der Waals surface area contributed by atoms with Gasteiger partial charge in [-0.2, -0.15) is 0 Å². The first kappa shape index (κ1) is 12.7. The number of methoxy groups -OCH3 is 1. The molecule has 0 saturated heterocycles. The Balaban J connectivity index is 2.37. The molecule has 0 N–H and O–H groups in total. The van der Waals surface area contributed by atoms with Gasteiger partial charge in [0.05, 0.1) is 18.8 Å². The van der Waals surface area contributed by atoms with Gasteiger partial charge in [-0.15, -0.1) is 0 Å². The van der Waals surface area contributed by atoms with Crippen molar-refractivity contribution in [3.63, 3.8) is 0 Å². The molecule has 0 aromatic rings. The van der Waals surface area contributed by atoms with Gasteiger partial charge in [-0.3, -0.25) is 0 Å². The van der Waals surface area contributed by atoms with Crippen LogP contribution in [0.4, 0.5) is 0 Å². The van der Waals surface area contributed by atoms with Crippen LogP contribution in [0.25, 0.3) is 0 Å². The van der Waals surface area contributed by atoms with Crippen molar-refractivity contribution < 1.29 is 9.47 Å². The maximum Gasteiger partial charge on any atom is 0.0835 e. The van der Waals surface area contributed by atoms with E-state index in [0.29, 0.717) is 15.9 Å². The topological polar surface area (TPSA) is 18.5 Å². The fourth-order valence-corrected chi connectivity index (χ4v) is 2.78. The molecule has 2 nitrogen and oxygen atoms in total. The fourth-order valence-electron chi connectivity index (χ4n) is 1.81. The maximum atomic E-state index is 6.09. The molecular weight excluding hydrogens is 291 g/mol. The van der Waals surface area contributed by atoms with Crippen LogP contribution in [0.15, 0.2) is 0 Å². The average Bonchev–Trinajstić information content (AvgIpc) is 2.51. The predicted octanol–water partition coefficient (Wildman–Crippen LogP) is 3.03. The predicted molar refractivity (Wildman–Crippen MR) is 67.0 cm³/mol. The molecule has 1 aliphatic rings.